The van der Waals surface area contributed by atoms with Crippen molar-refractivity contribution in [2.24, 2.45) is 0 Å². The van der Waals surface area contributed by atoms with Crippen LogP contribution in [0.5, 0.6) is 0 Å². The summed E-state index contributed by atoms with van der Waals surface area (Å²) in [5, 5.41) is 10.4. The molecule has 1 unspecified atom stereocenters. The number of H-pyrrole nitrogens is 1. The van der Waals surface area contributed by atoms with Crippen molar-refractivity contribution in [2.45, 2.75) is 25.7 Å². The number of nitrogens with zero attached hydrogens (tertiary/aromatic N) is 1. The van der Waals surface area contributed by atoms with E-state index in [0.29, 0.717) is 0 Å². The van der Waals surface area contributed by atoms with Gasteiger partial charge >= 0.3 is 0 Å². The first kappa shape index (κ1) is 9.77. The SMILES string of the molecule is CCCC(C[N+](=O)[O-])c1ccc[nH]1. The Bertz CT molecular complexity index is 257. The Morgan fingerprint density at radius 2 is 2.46 bits per heavy atom. The molecule has 0 fully saturated rings. The second kappa shape index (κ2) is 4.64. The number of aromatic nitrogens is 1. The molecular formula is C9H14N2O2. The van der Waals surface area contributed by atoms with Crippen molar-refractivity contribution in [3.63, 3.8) is 0 Å². The highest BCUT2D eigenvalue weighted by molar-refractivity contribution is 5.09. The van der Waals surface area contributed by atoms with Crippen molar-refractivity contribution in [1.29, 1.82) is 0 Å². The quantitative estimate of drug-likeness (QED) is 0.560. The molecule has 0 amide bonds. The Kier molecular flexibility index (Phi) is 3.49. The van der Waals surface area contributed by atoms with Gasteiger partial charge in [0.2, 0.25) is 6.54 Å². The van der Waals surface area contributed by atoms with Gasteiger partial charge in [0.05, 0.1) is 5.92 Å². The number of rotatable bonds is 5. The Morgan fingerprint density at radius 1 is 1.69 bits per heavy atom. The van der Waals surface area contributed by atoms with Gasteiger partial charge in [-0.05, 0) is 18.6 Å². The van der Waals surface area contributed by atoms with E-state index in [-0.39, 0.29) is 17.4 Å². The molecule has 1 rings (SSSR count). The van der Waals surface area contributed by atoms with Gasteiger partial charge in [-0.3, -0.25) is 10.1 Å². The summed E-state index contributed by atoms with van der Waals surface area (Å²) in [6.07, 6.45) is 3.64. The average Bonchev–Trinajstić information content (AvgIpc) is 2.54. The molecule has 0 aliphatic heterocycles. The van der Waals surface area contributed by atoms with E-state index in [2.05, 4.69) is 4.98 Å². The fourth-order valence-corrected chi connectivity index (χ4v) is 1.47. The molecule has 4 heteroatoms. The summed E-state index contributed by atoms with van der Waals surface area (Å²) >= 11 is 0. The maximum atomic E-state index is 10.4. The monoisotopic (exact) mass is 182 g/mol. The van der Waals surface area contributed by atoms with E-state index in [4.69, 9.17) is 0 Å². The van der Waals surface area contributed by atoms with Crippen molar-refractivity contribution in [1.82, 2.24) is 4.98 Å². The molecule has 1 heterocycles. The van der Waals surface area contributed by atoms with Gasteiger partial charge in [0, 0.05) is 16.8 Å². The van der Waals surface area contributed by atoms with Crippen LogP contribution in [0.4, 0.5) is 0 Å². The van der Waals surface area contributed by atoms with Crippen molar-refractivity contribution in [3.8, 4) is 0 Å². The lowest BCUT2D eigenvalue weighted by molar-refractivity contribution is -0.483. The lowest BCUT2D eigenvalue weighted by Gasteiger charge is -2.08. The lowest BCUT2D eigenvalue weighted by atomic mass is 10.0. The minimum Gasteiger partial charge on any atom is -0.365 e. The summed E-state index contributed by atoms with van der Waals surface area (Å²) in [5.41, 5.74) is 0.971. The first-order valence-electron chi connectivity index (χ1n) is 4.49. The van der Waals surface area contributed by atoms with Crippen LogP contribution in [0.25, 0.3) is 0 Å². The second-order valence-corrected chi connectivity index (χ2v) is 3.13. The first-order valence-corrected chi connectivity index (χ1v) is 4.49. The van der Waals surface area contributed by atoms with Gasteiger partial charge in [0.25, 0.3) is 0 Å². The zero-order valence-corrected chi connectivity index (χ0v) is 7.69. The molecular weight excluding hydrogens is 168 g/mol. The maximum absolute atomic E-state index is 10.4. The van der Waals surface area contributed by atoms with Crippen LogP contribution in [0.2, 0.25) is 0 Å². The number of aromatic amines is 1. The summed E-state index contributed by atoms with van der Waals surface area (Å²) < 4.78 is 0. The van der Waals surface area contributed by atoms with E-state index in [9.17, 15) is 10.1 Å². The van der Waals surface area contributed by atoms with Gasteiger partial charge in [0.1, 0.15) is 0 Å². The van der Waals surface area contributed by atoms with Gasteiger partial charge < -0.3 is 4.98 Å². The molecule has 0 spiro atoms. The van der Waals surface area contributed by atoms with Gasteiger partial charge in [-0.1, -0.05) is 13.3 Å². The summed E-state index contributed by atoms with van der Waals surface area (Å²) in [6.45, 7) is 2.06. The topological polar surface area (TPSA) is 58.9 Å². The minimum absolute atomic E-state index is 0.0222. The third-order valence-corrected chi connectivity index (χ3v) is 2.07. The highest BCUT2D eigenvalue weighted by Gasteiger charge is 2.16. The van der Waals surface area contributed by atoms with Crippen molar-refractivity contribution in [3.05, 3.63) is 34.1 Å². The molecule has 72 valence electrons. The van der Waals surface area contributed by atoms with Gasteiger partial charge in [0.15, 0.2) is 0 Å². The van der Waals surface area contributed by atoms with Crippen LogP contribution in [0.1, 0.15) is 31.4 Å². The van der Waals surface area contributed by atoms with Crippen LogP contribution in [0.3, 0.4) is 0 Å². The van der Waals surface area contributed by atoms with Crippen LogP contribution < -0.4 is 0 Å². The predicted molar refractivity (Wildman–Crippen MR) is 50.3 cm³/mol. The van der Waals surface area contributed by atoms with Gasteiger partial charge in [-0.2, -0.15) is 0 Å². The number of nitrogens with one attached hydrogen (secondary N) is 1. The summed E-state index contributed by atoms with van der Waals surface area (Å²) in [5.74, 6) is 0.0370. The van der Waals surface area contributed by atoms with Crippen LogP contribution >= 0.6 is 0 Å². The molecule has 0 bridgehead atoms. The Balaban J connectivity index is 2.62. The number of hydrogen-bond acceptors (Lipinski definition) is 2. The molecule has 1 atom stereocenters. The minimum atomic E-state index is -0.249. The van der Waals surface area contributed by atoms with E-state index >= 15 is 0 Å². The second-order valence-electron chi connectivity index (χ2n) is 3.13. The lowest BCUT2D eigenvalue weighted by Crippen LogP contribution is -2.12. The molecule has 4 nitrogen and oxygen atoms in total. The van der Waals surface area contributed by atoms with E-state index < -0.39 is 0 Å². The Hall–Kier alpha value is -1.32. The summed E-state index contributed by atoms with van der Waals surface area (Å²) in [6, 6.07) is 3.78. The number of nitro groups is 1. The van der Waals surface area contributed by atoms with Crippen molar-refractivity contribution >= 4 is 0 Å². The highest BCUT2D eigenvalue weighted by Crippen LogP contribution is 2.19. The molecule has 0 aliphatic rings. The van der Waals surface area contributed by atoms with Crippen LogP contribution in [0, 0.1) is 10.1 Å². The fraction of sp³-hybridized carbons (Fsp3) is 0.556. The van der Waals surface area contributed by atoms with Crippen molar-refractivity contribution < 1.29 is 4.92 Å². The first-order chi connectivity index (χ1) is 6.24. The fourth-order valence-electron chi connectivity index (χ4n) is 1.47. The van der Waals surface area contributed by atoms with Crippen LogP contribution in [-0.2, 0) is 0 Å². The van der Waals surface area contributed by atoms with Crippen molar-refractivity contribution in [2.75, 3.05) is 6.54 Å². The molecule has 1 aromatic rings. The molecule has 0 saturated heterocycles. The molecule has 0 aliphatic carbocycles. The molecule has 1 aromatic heterocycles. The maximum Gasteiger partial charge on any atom is 0.212 e. The van der Waals surface area contributed by atoms with Gasteiger partial charge in [-0.15, -0.1) is 0 Å². The van der Waals surface area contributed by atoms with E-state index in [1.165, 1.54) is 0 Å². The predicted octanol–water partition coefficient (Wildman–Crippen LogP) is 2.18. The zero-order valence-electron chi connectivity index (χ0n) is 7.69. The molecule has 0 saturated carbocycles. The molecule has 0 aromatic carbocycles. The average molecular weight is 182 g/mol. The molecule has 13 heavy (non-hydrogen) atoms. The summed E-state index contributed by atoms with van der Waals surface area (Å²) in [4.78, 5) is 13.1. The van der Waals surface area contributed by atoms with E-state index in [1.54, 1.807) is 6.20 Å². The normalized spacial score (nSPS) is 12.7. The number of hydrogen-bond donors (Lipinski definition) is 1. The smallest absolute Gasteiger partial charge is 0.212 e. The van der Waals surface area contributed by atoms with E-state index in [0.717, 1.165) is 18.5 Å². The molecule has 0 radical (unpaired) electrons. The molecule has 1 N–H and O–H groups in total. The van der Waals surface area contributed by atoms with Gasteiger partial charge in [-0.25, -0.2) is 0 Å². The summed E-state index contributed by atoms with van der Waals surface area (Å²) in [7, 11) is 0. The largest absolute Gasteiger partial charge is 0.365 e. The third kappa shape index (κ3) is 2.89. The standard InChI is InChI=1S/C9H14N2O2/c1-2-4-8(7-11(12)13)9-5-3-6-10-9/h3,5-6,8,10H,2,4,7H2,1H3. The van der Waals surface area contributed by atoms with Crippen LogP contribution in [-0.4, -0.2) is 16.5 Å². The Labute approximate surface area is 77.1 Å². The zero-order chi connectivity index (χ0) is 9.68. The van der Waals surface area contributed by atoms with E-state index in [1.807, 2.05) is 19.1 Å². The highest BCUT2D eigenvalue weighted by atomic mass is 16.6. The third-order valence-electron chi connectivity index (χ3n) is 2.07. The van der Waals surface area contributed by atoms with Crippen LogP contribution in [0.15, 0.2) is 18.3 Å². The Morgan fingerprint density at radius 3 is 2.92 bits per heavy atom.